The van der Waals surface area contributed by atoms with Crippen molar-refractivity contribution in [3.8, 4) is 5.88 Å². The second kappa shape index (κ2) is 7.27. The van der Waals surface area contributed by atoms with Gasteiger partial charge in [-0.25, -0.2) is 13.4 Å². The zero-order valence-corrected chi connectivity index (χ0v) is 15.7. The molecule has 1 aromatic carbocycles. The summed E-state index contributed by atoms with van der Waals surface area (Å²) in [5.74, 6) is 1.12. The van der Waals surface area contributed by atoms with Crippen molar-refractivity contribution in [2.24, 2.45) is 0 Å². The summed E-state index contributed by atoms with van der Waals surface area (Å²) in [6, 6.07) is 7.98. The van der Waals surface area contributed by atoms with Gasteiger partial charge in [-0.1, -0.05) is 11.6 Å². The summed E-state index contributed by atoms with van der Waals surface area (Å²) < 4.78 is 33.0. The lowest BCUT2D eigenvalue weighted by Crippen LogP contribution is -2.44. The lowest BCUT2D eigenvalue weighted by molar-refractivity contribution is 0.124. The molecule has 1 saturated heterocycles. The minimum Gasteiger partial charge on any atom is -0.473 e. The fraction of sp³-hybridized carbons (Fsp3) is 0.412. The van der Waals surface area contributed by atoms with E-state index in [1.54, 1.807) is 25.1 Å². The molecule has 1 aliphatic heterocycles. The zero-order valence-electron chi connectivity index (χ0n) is 14.1. The van der Waals surface area contributed by atoms with Gasteiger partial charge in [-0.15, -0.1) is 0 Å². The van der Waals surface area contributed by atoms with E-state index in [9.17, 15) is 8.42 Å². The molecule has 1 unspecified atom stereocenters. The van der Waals surface area contributed by atoms with Crippen LogP contribution < -0.4 is 4.74 Å². The molecule has 0 bridgehead atoms. The number of aryl methyl sites for hydroxylation is 2. The zero-order chi connectivity index (χ0) is 18.0. The van der Waals surface area contributed by atoms with Crippen molar-refractivity contribution in [2.45, 2.75) is 37.7 Å². The molecular weight excluding hydrogens is 362 g/mol. The van der Waals surface area contributed by atoms with Gasteiger partial charge in [-0.2, -0.15) is 9.29 Å². The van der Waals surface area contributed by atoms with Crippen LogP contribution in [-0.4, -0.2) is 41.9 Å². The molecular formula is C17H20ClN3O3S. The molecule has 2 aromatic rings. The van der Waals surface area contributed by atoms with E-state index >= 15 is 0 Å². The Hall–Kier alpha value is -1.70. The molecule has 0 radical (unpaired) electrons. The molecule has 0 N–H and O–H groups in total. The summed E-state index contributed by atoms with van der Waals surface area (Å²) in [7, 11) is -3.56. The molecule has 0 spiro atoms. The van der Waals surface area contributed by atoms with Crippen LogP contribution in [0.3, 0.4) is 0 Å². The average molecular weight is 382 g/mol. The molecule has 2 heterocycles. The molecule has 0 saturated carbocycles. The highest BCUT2D eigenvalue weighted by atomic mass is 35.5. The number of benzene rings is 1. The maximum absolute atomic E-state index is 12.8. The molecule has 0 aliphatic carbocycles. The summed E-state index contributed by atoms with van der Waals surface area (Å²) in [6.07, 6.45) is 1.29. The van der Waals surface area contributed by atoms with Crippen molar-refractivity contribution < 1.29 is 13.2 Å². The molecule has 8 heteroatoms. The third kappa shape index (κ3) is 4.29. The molecule has 0 amide bonds. The number of rotatable bonds is 4. The van der Waals surface area contributed by atoms with Gasteiger partial charge in [0.05, 0.1) is 11.4 Å². The molecule has 6 nitrogen and oxygen atoms in total. The summed E-state index contributed by atoms with van der Waals surface area (Å²) in [5.41, 5.74) is 0.823. The molecule has 1 aromatic heterocycles. The van der Waals surface area contributed by atoms with Crippen molar-refractivity contribution in [1.82, 2.24) is 14.3 Å². The van der Waals surface area contributed by atoms with Crippen LogP contribution in [0.5, 0.6) is 5.88 Å². The Bertz CT molecular complexity index is 836. The average Bonchev–Trinajstić information content (AvgIpc) is 2.54. The quantitative estimate of drug-likeness (QED) is 0.814. The van der Waals surface area contributed by atoms with Crippen molar-refractivity contribution in [3.63, 3.8) is 0 Å². The van der Waals surface area contributed by atoms with Gasteiger partial charge in [0.2, 0.25) is 15.9 Å². The largest absolute Gasteiger partial charge is 0.473 e. The maximum atomic E-state index is 12.8. The van der Waals surface area contributed by atoms with Gasteiger partial charge in [0.25, 0.3) is 0 Å². The van der Waals surface area contributed by atoms with Gasteiger partial charge in [0, 0.05) is 23.3 Å². The Labute approximate surface area is 152 Å². The van der Waals surface area contributed by atoms with E-state index in [2.05, 4.69) is 9.97 Å². The number of aromatic nitrogens is 2. The summed E-state index contributed by atoms with van der Waals surface area (Å²) in [6.45, 7) is 4.46. The van der Waals surface area contributed by atoms with Crippen molar-refractivity contribution in [1.29, 1.82) is 0 Å². The predicted octanol–water partition coefficient (Wildman–Crippen LogP) is 2.98. The van der Waals surface area contributed by atoms with Crippen LogP contribution in [0.25, 0.3) is 0 Å². The monoisotopic (exact) mass is 381 g/mol. The van der Waals surface area contributed by atoms with E-state index in [0.717, 1.165) is 18.5 Å². The van der Waals surface area contributed by atoms with E-state index in [1.807, 2.05) is 6.92 Å². The van der Waals surface area contributed by atoms with Gasteiger partial charge in [-0.05, 0) is 51.0 Å². The van der Waals surface area contributed by atoms with Gasteiger partial charge >= 0.3 is 0 Å². The minimum absolute atomic E-state index is 0.232. The lowest BCUT2D eigenvalue weighted by atomic mass is 10.1. The van der Waals surface area contributed by atoms with Gasteiger partial charge in [0.15, 0.2) is 0 Å². The number of sulfonamides is 1. The number of nitrogens with zero attached hydrogens (tertiary/aromatic N) is 3. The van der Waals surface area contributed by atoms with E-state index in [0.29, 0.717) is 29.8 Å². The number of ether oxygens (including phenoxy) is 1. The smallest absolute Gasteiger partial charge is 0.243 e. The highest BCUT2D eigenvalue weighted by molar-refractivity contribution is 7.89. The second-order valence-corrected chi connectivity index (χ2v) is 8.47. The summed E-state index contributed by atoms with van der Waals surface area (Å²) in [5, 5.41) is 0.508. The minimum atomic E-state index is -3.56. The first-order valence-corrected chi connectivity index (χ1v) is 9.91. The normalized spacial score (nSPS) is 18.9. The van der Waals surface area contributed by atoms with Gasteiger partial charge in [-0.3, -0.25) is 0 Å². The van der Waals surface area contributed by atoms with Crippen LogP contribution in [0.4, 0.5) is 0 Å². The first-order valence-electron chi connectivity index (χ1n) is 8.09. The maximum Gasteiger partial charge on any atom is 0.243 e. The van der Waals surface area contributed by atoms with Crippen molar-refractivity contribution >= 4 is 21.6 Å². The molecule has 1 fully saturated rings. The van der Waals surface area contributed by atoms with Crippen LogP contribution in [-0.2, 0) is 10.0 Å². The SMILES string of the molecule is Cc1cc(OC2CCCN(S(=O)(=O)c3ccc(Cl)cc3)C2)nc(C)n1. The van der Waals surface area contributed by atoms with Crippen molar-refractivity contribution in [3.05, 3.63) is 46.9 Å². The van der Waals surface area contributed by atoms with Crippen molar-refractivity contribution in [2.75, 3.05) is 13.1 Å². The van der Waals surface area contributed by atoms with Crippen LogP contribution in [0, 0.1) is 13.8 Å². The first kappa shape index (κ1) is 18.1. The molecule has 3 rings (SSSR count). The van der Waals surface area contributed by atoms with E-state index in [1.165, 1.54) is 16.4 Å². The standard InChI is InChI=1S/C17H20ClN3O3S/c1-12-10-17(20-13(2)19-12)24-15-4-3-9-21(11-15)25(22,23)16-7-5-14(18)6-8-16/h5-8,10,15H,3-4,9,11H2,1-2H3. The third-order valence-electron chi connectivity index (χ3n) is 4.02. The Balaban J connectivity index is 1.75. The molecule has 134 valence electrons. The van der Waals surface area contributed by atoms with Crippen LogP contribution in [0.15, 0.2) is 35.2 Å². The number of hydrogen-bond donors (Lipinski definition) is 0. The molecule has 1 aliphatic rings. The summed E-state index contributed by atoms with van der Waals surface area (Å²) >= 11 is 5.85. The number of piperidine rings is 1. The summed E-state index contributed by atoms with van der Waals surface area (Å²) in [4.78, 5) is 8.73. The Morgan fingerprint density at radius 1 is 1.20 bits per heavy atom. The fourth-order valence-corrected chi connectivity index (χ4v) is 4.53. The Morgan fingerprint density at radius 3 is 2.60 bits per heavy atom. The highest BCUT2D eigenvalue weighted by Gasteiger charge is 2.31. The molecule has 25 heavy (non-hydrogen) atoms. The Morgan fingerprint density at radius 2 is 1.92 bits per heavy atom. The van der Waals surface area contributed by atoms with E-state index < -0.39 is 10.0 Å². The Kier molecular flexibility index (Phi) is 5.27. The topological polar surface area (TPSA) is 72.4 Å². The third-order valence-corrected chi connectivity index (χ3v) is 6.15. The van der Waals surface area contributed by atoms with Gasteiger partial charge < -0.3 is 4.74 Å². The molecule has 1 atom stereocenters. The van der Waals surface area contributed by atoms with Crippen LogP contribution in [0.1, 0.15) is 24.4 Å². The lowest BCUT2D eigenvalue weighted by Gasteiger charge is -2.31. The fourth-order valence-electron chi connectivity index (χ4n) is 2.89. The first-order chi connectivity index (χ1) is 11.8. The van der Waals surface area contributed by atoms with E-state index in [4.69, 9.17) is 16.3 Å². The number of halogens is 1. The van der Waals surface area contributed by atoms with Crippen LogP contribution in [0.2, 0.25) is 5.02 Å². The predicted molar refractivity (Wildman–Crippen MR) is 95.4 cm³/mol. The van der Waals surface area contributed by atoms with E-state index in [-0.39, 0.29) is 11.0 Å². The number of hydrogen-bond acceptors (Lipinski definition) is 5. The van der Waals surface area contributed by atoms with Gasteiger partial charge in [0.1, 0.15) is 11.9 Å². The van der Waals surface area contributed by atoms with Crippen LogP contribution >= 0.6 is 11.6 Å². The second-order valence-electron chi connectivity index (χ2n) is 6.09. The highest BCUT2D eigenvalue weighted by Crippen LogP contribution is 2.24.